The lowest BCUT2D eigenvalue weighted by Gasteiger charge is -2.23. The Kier molecular flexibility index (Phi) is 3.92. The molecule has 2 heterocycles. The molecule has 3 rings (SSSR count). The summed E-state index contributed by atoms with van der Waals surface area (Å²) in [6, 6.07) is 10.8. The van der Waals surface area contributed by atoms with Gasteiger partial charge in [-0.05, 0) is 24.0 Å². The van der Waals surface area contributed by atoms with Gasteiger partial charge in [-0.15, -0.1) is 0 Å². The summed E-state index contributed by atoms with van der Waals surface area (Å²) < 4.78 is 0. The highest BCUT2D eigenvalue weighted by molar-refractivity contribution is 5.34. The number of hydrogen-bond donors (Lipinski definition) is 1. The first kappa shape index (κ1) is 13.1. The lowest BCUT2D eigenvalue weighted by molar-refractivity contribution is 0.663. The minimum atomic E-state index is 0.398. The molecule has 20 heavy (non-hydrogen) atoms. The number of rotatable bonds is 4. The number of nitrogens with two attached hydrogens (primary N) is 1. The normalized spacial score (nSPS) is 18.4. The van der Waals surface area contributed by atoms with E-state index < -0.39 is 0 Å². The smallest absolute Gasteiger partial charge is 0.225 e. The van der Waals surface area contributed by atoms with Gasteiger partial charge in [0.2, 0.25) is 5.95 Å². The second-order valence-electron chi connectivity index (χ2n) is 5.28. The summed E-state index contributed by atoms with van der Waals surface area (Å²) in [4.78, 5) is 11.3. The van der Waals surface area contributed by atoms with Crippen LogP contribution in [-0.2, 0) is 6.42 Å². The van der Waals surface area contributed by atoms with Gasteiger partial charge in [-0.2, -0.15) is 0 Å². The quantitative estimate of drug-likeness (QED) is 0.921. The van der Waals surface area contributed by atoms with Crippen LogP contribution in [0.4, 0.5) is 5.95 Å². The van der Waals surface area contributed by atoms with Crippen LogP contribution in [0.25, 0.3) is 0 Å². The van der Waals surface area contributed by atoms with Gasteiger partial charge in [0.15, 0.2) is 0 Å². The van der Waals surface area contributed by atoms with E-state index in [9.17, 15) is 0 Å². The highest BCUT2D eigenvalue weighted by Crippen LogP contribution is 2.21. The van der Waals surface area contributed by atoms with Crippen molar-refractivity contribution in [3.8, 4) is 0 Å². The first-order valence-electron chi connectivity index (χ1n) is 7.18. The molecule has 4 heteroatoms. The molecule has 0 radical (unpaired) electrons. The van der Waals surface area contributed by atoms with Gasteiger partial charge in [0.1, 0.15) is 0 Å². The van der Waals surface area contributed by atoms with E-state index in [1.807, 2.05) is 18.5 Å². The van der Waals surface area contributed by atoms with E-state index in [2.05, 4.69) is 39.1 Å². The maximum atomic E-state index is 5.80. The molecule has 0 bridgehead atoms. The third kappa shape index (κ3) is 2.80. The van der Waals surface area contributed by atoms with Crippen molar-refractivity contribution >= 4 is 5.95 Å². The third-order valence-electron chi connectivity index (χ3n) is 3.85. The van der Waals surface area contributed by atoms with Crippen molar-refractivity contribution in [3.63, 3.8) is 0 Å². The van der Waals surface area contributed by atoms with Crippen LogP contribution in [-0.4, -0.2) is 29.1 Å². The SMILES string of the molecule is NCC1CCCN1c1ncc(Cc2ccccc2)cn1. The molecular formula is C16H20N4. The summed E-state index contributed by atoms with van der Waals surface area (Å²) in [5.41, 5.74) is 8.22. The minimum Gasteiger partial charge on any atom is -0.337 e. The van der Waals surface area contributed by atoms with Gasteiger partial charge in [-0.1, -0.05) is 30.3 Å². The summed E-state index contributed by atoms with van der Waals surface area (Å²) in [6.45, 7) is 1.69. The van der Waals surface area contributed by atoms with Crippen molar-refractivity contribution < 1.29 is 0 Å². The topological polar surface area (TPSA) is 55.0 Å². The molecule has 1 aliphatic rings. The predicted octanol–water partition coefficient (Wildman–Crippen LogP) is 1.99. The largest absolute Gasteiger partial charge is 0.337 e. The van der Waals surface area contributed by atoms with Crippen molar-refractivity contribution in [2.75, 3.05) is 18.0 Å². The Morgan fingerprint density at radius 1 is 1.10 bits per heavy atom. The number of benzene rings is 1. The fourth-order valence-electron chi connectivity index (χ4n) is 2.76. The van der Waals surface area contributed by atoms with Crippen LogP contribution in [0.2, 0.25) is 0 Å². The molecule has 1 aromatic heterocycles. The molecule has 1 aromatic carbocycles. The predicted molar refractivity (Wildman–Crippen MR) is 80.7 cm³/mol. The van der Waals surface area contributed by atoms with E-state index in [1.54, 1.807) is 0 Å². The zero-order valence-corrected chi connectivity index (χ0v) is 11.6. The number of nitrogens with zero attached hydrogens (tertiary/aromatic N) is 3. The standard InChI is InChI=1S/C16H20N4/c17-10-15-7-4-8-20(15)16-18-11-14(12-19-16)9-13-5-2-1-3-6-13/h1-3,5-6,11-12,15H,4,7-10,17H2. The minimum absolute atomic E-state index is 0.398. The van der Waals surface area contributed by atoms with Gasteiger partial charge >= 0.3 is 0 Å². The Morgan fingerprint density at radius 3 is 2.55 bits per heavy atom. The maximum absolute atomic E-state index is 5.80. The van der Waals surface area contributed by atoms with Crippen LogP contribution >= 0.6 is 0 Å². The summed E-state index contributed by atoms with van der Waals surface area (Å²) in [5, 5.41) is 0. The lowest BCUT2D eigenvalue weighted by atomic mass is 10.1. The molecule has 1 atom stereocenters. The van der Waals surface area contributed by atoms with E-state index in [4.69, 9.17) is 5.73 Å². The van der Waals surface area contributed by atoms with Crippen LogP contribution in [0.1, 0.15) is 24.0 Å². The van der Waals surface area contributed by atoms with Gasteiger partial charge in [-0.3, -0.25) is 0 Å². The Bertz CT molecular complexity index is 538. The lowest BCUT2D eigenvalue weighted by Crippen LogP contribution is -2.36. The molecule has 4 nitrogen and oxygen atoms in total. The van der Waals surface area contributed by atoms with Crippen LogP contribution in [0.5, 0.6) is 0 Å². The van der Waals surface area contributed by atoms with E-state index in [-0.39, 0.29) is 0 Å². The highest BCUT2D eigenvalue weighted by atomic mass is 15.3. The van der Waals surface area contributed by atoms with Crippen molar-refractivity contribution in [2.45, 2.75) is 25.3 Å². The summed E-state index contributed by atoms with van der Waals surface area (Å²) in [5.74, 6) is 0.815. The van der Waals surface area contributed by atoms with Crippen molar-refractivity contribution in [3.05, 3.63) is 53.9 Å². The van der Waals surface area contributed by atoms with Gasteiger partial charge in [0.25, 0.3) is 0 Å². The average molecular weight is 268 g/mol. The third-order valence-corrected chi connectivity index (χ3v) is 3.85. The fourth-order valence-corrected chi connectivity index (χ4v) is 2.76. The average Bonchev–Trinajstić information content (AvgIpc) is 2.98. The molecule has 1 aliphatic heterocycles. The van der Waals surface area contributed by atoms with Crippen LogP contribution in [0.15, 0.2) is 42.7 Å². The molecule has 2 aromatic rings. The molecular weight excluding hydrogens is 248 g/mol. The molecule has 1 saturated heterocycles. The summed E-state index contributed by atoms with van der Waals surface area (Å²) >= 11 is 0. The Labute approximate surface area is 119 Å². The van der Waals surface area contributed by atoms with Gasteiger partial charge < -0.3 is 10.6 Å². The fraction of sp³-hybridized carbons (Fsp3) is 0.375. The molecule has 0 aliphatic carbocycles. The molecule has 1 fully saturated rings. The first-order valence-corrected chi connectivity index (χ1v) is 7.18. The van der Waals surface area contributed by atoms with E-state index in [1.165, 1.54) is 12.0 Å². The summed E-state index contributed by atoms with van der Waals surface area (Å²) in [6.07, 6.45) is 7.06. The zero-order valence-electron chi connectivity index (χ0n) is 11.6. The van der Waals surface area contributed by atoms with E-state index in [0.29, 0.717) is 12.6 Å². The monoisotopic (exact) mass is 268 g/mol. The second kappa shape index (κ2) is 6.01. The van der Waals surface area contributed by atoms with Gasteiger partial charge in [0, 0.05) is 37.9 Å². The summed E-state index contributed by atoms with van der Waals surface area (Å²) in [7, 11) is 0. The Balaban J connectivity index is 1.71. The number of anilines is 1. The van der Waals surface area contributed by atoms with E-state index >= 15 is 0 Å². The van der Waals surface area contributed by atoms with Crippen LogP contribution in [0, 0.1) is 0 Å². The maximum Gasteiger partial charge on any atom is 0.225 e. The van der Waals surface area contributed by atoms with Gasteiger partial charge in [-0.25, -0.2) is 9.97 Å². The Morgan fingerprint density at radius 2 is 1.85 bits per heavy atom. The molecule has 0 amide bonds. The van der Waals surface area contributed by atoms with Crippen LogP contribution in [0.3, 0.4) is 0 Å². The zero-order chi connectivity index (χ0) is 13.8. The first-order chi connectivity index (χ1) is 9.86. The van der Waals surface area contributed by atoms with Gasteiger partial charge in [0.05, 0.1) is 0 Å². The molecule has 0 spiro atoms. The number of hydrogen-bond acceptors (Lipinski definition) is 4. The Hall–Kier alpha value is -1.94. The highest BCUT2D eigenvalue weighted by Gasteiger charge is 2.25. The van der Waals surface area contributed by atoms with Crippen molar-refractivity contribution in [2.24, 2.45) is 5.73 Å². The molecule has 1 unspecified atom stereocenters. The molecule has 104 valence electrons. The second-order valence-corrected chi connectivity index (χ2v) is 5.28. The van der Waals surface area contributed by atoms with Crippen molar-refractivity contribution in [1.29, 1.82) is 0 Å². The molecule has 2 N–H and O–H groups in total. The van der Waals surface area contributed by atoms with Crippen molar-refractivity contribution in [1.82, 2.24) is 9.97 Å². The molecule has 0 saturated carbocycles. The van der Waals surface area contributed by atoms with E-state index in [0.717, 1.165) is 30.9 Å². The van der Waals surface area contributed by atoms with Crippen LogP contribution < -0.4 is 10.6 Å². The number of aromatic nitrogens is 2.